The molecule has 2 aliphatic carbocycles. The third kappa shape index (κ3) is 2.49. The Hall–Kier alpha value is -2.96. The summed E-state index contributed by atoms with van der Waals surface area (Å²) in [6, 6.07) is 15.1. The lowest BCUT2D eigenvalue weighted by molar-refractivity contribution is -0.0619. The molecule has 9 rings (SSSR count). The Balaban J connectivity index is 1.45. The quantitative estimate of drug-likeness (QED) is 0.164. The number of alkyl halides is 4. The highest BCUT2D eigenvalue weighted by atomic mass is 19.2. The summed E-state index contributed by atoms with van der Waals surface area (Å²) in [6.07, 6.45) is 2.90. The van der Waals surface area contributed by atoms with E-state index >= 15 is 17.6 Å². The molecule has 2 saturated carbocycles. The van der Waals surface area contributed by atoms with Crippen molar-refractivity contribution in [3.8, 4) is 0 Å². The summed E-state index contributed by atoms with van der Waals surface area (Å²) in [4.78, 5) is 3.28. The first-order valence-electron chi connectivity index (χ1n) is 15.3. The van der Waals surface area contributed by atoms with Crippen molar-refractivity contribution in [2.24, 2.45) is 0 Å². The van der Waals surface area contributed by atoms with Gasteiger partial charge in [0.15, 0.2) is 11.3 Å². The van der Waals surface area contributed by atoms with Gasteiger partial charge in [-0.3, -0.25) is 0 Å². The Labute approximate surface area is 238 Å². The normalized spacial score (nSPS) is 33.7. The Bertz CT molecular complexity index is 1590. The van der Waals surface area contributed by atoms with Crippen molar-refractivity contribution in [3.63, 3.8) is 0 Å². The van der Waals surface area contributed by atoms with Crippen LogP contribution in [0.4, 0.5) is 40.3 Å². The number of hydrogen-bond acceptors (Lipinski definition) is 2. The third-order valence-corrected chi connectivity index (χ3v) is 11.3. The molecule has 6 aliphatic rings. The van der Waals surface area contributed by atoms with Crippen molar-refractivity contribution in [2.75, 3.05) is 9.80 Å². The molecule has 0 bridgehead atoms. The standard InChI is InChI=1S/C34H33BF4N2/c1-30(2,3)20-18-25-27-26(19-20)41-29-22(32(37)15-5-7-17-34(32,41)39)11-9-13-24(29)35(27)23-12-8-10-21-28(23)40(25)33(38)16-6-4-14-31(21,33)36/h8-13,18-19H,4-7,14-17H2,1-3H3. The number of anilines is 4. The summed E-state index contributed by atoms with van der Waals surface area (Å²) in [5.41, 5.74) is 1.97. The molecule has 0 radical (unpaired) electrons. The monoisotopic (exact) mass is 556 g/mol. The number of rotatable bonds is 0. The first-order valence-corrected chi connectivity index (χ1v) is 15.3. The lowest BCUT2D eigenvalue weighted by Gasteiger charge is -2.50. The fourth-order valence-electron chi connectivity index (χ4n) is 9.40. The van der Waals surface area contributed by atoms with E-state index in [0.29, 0.717) is 59.6 Å². The van der Waals surface area contributed by atoms with E-state index in [1.165, 1.54) is 0 Å². The zero-order valence-corrected chi connectivity index (χ0v) is 23.8. The molecule has 41 heavy (non-hydrogen) atoms. The van der Waals surface area contributed by atoms with Crippen LogP contribution in [0.3, 0.4) is 0 Å². The van der Waals surface area contributed by atoms with Gasteiger partial charge < -0.3 is 9.80 Å². The molecule has 210 valence electrons. The molecule has 3 aromatic rings. The maximum absolute atomic E-state index is 17.6. The van der Waals surface area contributed by atoms with Gasteiger partial charge in [0, 0.05) is 46.7 Å². The summed E-state index contributed by atoms with van der Waals surface area (Å²) >= 11 is 0. The Morgan fingerprint density at radius 3 is 1.54 bits per heavy atom. The van der Waals surface area contributed by atoms with Crippen molar-refractivity contribution < 1.29 is 17.6 Å². The molecule has 0 aromatic heterocycles. The van der Waals surface area contributed by atoms with Crippen LogP contribution in [0.5, 0.6) is 0 Å². The minimum Gasteiger partial charge on any atom is -0.306 e. The molecular weight excluding hydrogens is 523 g/mol. The summed E-state index contributed by atoms with van der Waals surface area (Å²) in [5.74, 6) is -4.48. The fourth-order valence-corrected chi connectivity index (χ4v) is 9.40. The molecule has 7 heteroatoms. The first kappa shape index (κ1) is 24.6. The van der Waals surface area contributed by atoms with E-state index in [1.807, 2.05) is 36.4 Å². The molecule has 4 heterocycles. The highest BCUT2D eigenvalue weighted by Gasteiger charge is 2.71. The van der Waals surface area contributed by atoms with Gasteiger partial charge in [0.1, 0.15) is 0 Å². The van der Waals surface area contributed by atoms with Crippen molar-refractivity contribution in [3.05, 3.63) is 65.2 Å². The predicted molar refractivity (Wildman–Crippen MR) is 157 cm³/mol. The number of nitrogens with zero attached hydrogens (tertiary/aromatic N) is 2. The van der Waals surface area contributed by atoms with Crippen molar-refractivity contribution in [1.82, 2.24) is 0 Å². The number of para-hydroxylation sites is 2. The first-order chi connectivity index (χ1) is 19.5. The summed E-state index contributed by atoms with van der Waals surface area (Å²) in [5, 5.41) is 0. The lowest BCUT2D eigenvalue weighted by atomic mass is 9.33. The summed E-state index contributed by atoms with van der Waals surface area (Å²) in [7, 11) is 0. The average molecular weight is 556 g/mol. The van der Waals surface area contributed by atoms with E-state index in [-0.39, 0.29) is 37.8 Å². The summed E-state index contributed by atoms with van der Waals surface area (Å²) < 4.78 is 69.6. The topological polar surface area (TPSA) is 6.48 Å². The number of fused-ring (bicyclic) bond motifs is 10. The molecule has 2 nitrogen and oxygen atoms in total. The minimum atomic E-state index is -2.24. The van der Waals surface area contributed by atoms with Crippen LogP contribution < -0.4 is 26.2 Å². The molecular formula is C34H33BF4N2. The second kappa shape index (κ2) is 7.15. The maximum atomic E-state index is 17.6. The molecule has 0 spiro atoms. The SMILES string of the molecule is CC(C)(C)c1cc2c3c(c1)N1c4c(cccc4C4(F)CCCCC14F)B3c1cccc3c1N2C1(F)CCCCC31F. The van der Waals surface area contributed by atoms with Gasteiger partial charge in [-0.15, -0.1) is 0 Å². The van der Waals surface area contributed by atoms with Gasteiger partial charge in [0.25, 0.3) is 6.71 Å². The molecule has 0 N–H and O–H groups in total. The Kier molecular flexibility index (Phi) is 4.29. The van der Waals surface area contributed by atoms with Crippen LogP contribution in [-0.2, 0) is 16.8 Å². The van der Waals surface area contributed by atoms with Gasteiger partial charge in [-0.05, 0) is 78.0 Å². The van der Waals surface area contributed by atoms with Crippen molar-refractivity contribution >= 4 is 45.9 Å². The highest BCUT2D eigenvalue weighted by molar-refractivity contribution is 7.00. The van der Waals surface area contributed by atoms with Gasteiger partial charge >= 0.3 is 0 Å². The third-order valence-electron chi connectivity index (χ3n) is 11.3. The molecule has 4 atom stereocenters. The maximum Gasteiger partial charge on any atom is 0.252 e. The number of benzene rings is 3. The zero-order chi connectivity index (χ0) is 28.3. The van der Waals surface area contributed by atoms with Crippen LogP contribution in [0.1, 0.15) is 88.8 Å². The van der Waals surface area contributed by atoms with Crippen LogP contribution >= 0.6 is 0 Å². The average Bonchev–Trinajstić information content (AvgIpc) is 3.29. The van der Waals surface area contributed by atoms with Crippen LogP contribution in [0.2, 0.25) is 0 Å². The van der Waals surface area contributed by atoms with Crippen molar-refractivity contribution in [1.29, 1.82) is 0 Å². The fraction of sp³-hybridized carbons (Fsp3) is 0.471. The highest BCUT2D eigenvalue weighted by Crippen LogP contribution is 2.66. The van der Waals surface area contributed by atoms with Crippen LogP contribution in [0.15, 0.2) is 48.5 Å². The molecule has 0 amide bonds. The second-order valence-electron chi connectivity index (χ2n) is 14.3. The number of halogens is 4. The number of hydrogen-bond donors (Lipinski definition) is 0. The van der Waals surface area contributed by atoms with Crippen molar-refractivity contribution in [2.45, 2.75) is 100 Å². The molecule has 4 aliphatic heterocycles. The van der Waals surface area contributed by atoms with Gasteiger partial charge in [0.05, 0.1) is 0 Å². The van der Waals surface area contributed by atoms with E-state index in [1.54, 1.807) is 21.9 Å². The van der Waals surface area contributed by atoms with E-state index < -0.39 is 22.9 Å². The van der Waals surface area contributed by atoms with Gasteiger partial charge in [-0.2, -0.15) is 0 Å². The van der Waals surface area contributed by atoms with Gasteiger partial charge in [0.2, 0.25) is 11.6 Å². The molecule has 3 aromatic carbocycles. The second-order valence-corrected chi connectivity index (χ2v) is 14.3. The van der Waals surface area contributed by atoms with Crippen LogP contribution in [-0.4, -0.2) is 18.3 Å². The largest absolute Gasteiger partial charge is 0.306 e. The van der Waals surface area contributed by atoms with E-state index in [0.717, 1.165) is 22.0 Å². The van der Waals surface area contributed by atoms with E-state index in [4.69, 9.17) is 0 Å². The molecule has 4 unspecified atom stereocenters. The van der Waals surface area contributed by atoms with Gasteiger partial charge in [-0.1, -0.05) is 57.2 Å². The summed E-state index contributed by atoms with van der Waals surface area (Å²) in [6.45, 7) is 5.86. The zero-order valence-electron chi connectivity index (χ0n) is 23.8. The van der Waals surface area contributed by atoms with Crippen LogP contribution in [0.25, 0.3) is 0 Å². The van der Waals surface area contributed by atoms with Crippen LogP contribution in [0, 0.1) is 0 Å². The predicted octanol–water partition coefficient (Wildman–Crippen LogP) is 7.24. The van der Waals surface area contributed by atoms with E-state index in [2.05, 4.69) is 20.8 Å². The Morgan fingerprint density at radius 1 is 0.659 bits per heavy atom. The lowest BCUT2D eigenvalue weighted by Crippen LogP contribution is -2.66. The van der Waals surface area contributed by atoms with E-state index in [9.17, 15) is 0 Å². The molecule has 0 saturated heterocycles. The Morgan fingerprint density at radius 2 is 1.10 bits per heavy atom. The minimum absolute atomic E-state index is 0.0852. The molecule has 2 fully saturated rings. The van der Waals surface area contributed by atoms with Gasteiger partial charge in [-0.25, -0.2) is 17.6 Å². The smallest absolute Gasteiger partial charge is 0.252 e.